The third-order valence-corrected chi connectivity index (χ3v) is 4.89. The molecular weight excluding hydrogens is 388 g/mol. The average molecular weight is 404 g/mol. The van der Waals surface area contributed by atoms with Crippen molar-refractivity contribution in [2.24, 2.45) is 0 Å². The number of para-hydroxylation sites is 1. The lowest BCUT2D eigenvalue weighted by Gasteiger charge is -2.06. The van der Waals surface area contributed by atoms with Gasteiger partial charge < -0.3 is 10.5 Å². The summed E-state index contributed by atoms with van der Waals surface area (Å²) in [7, 11) is 0. The molecule has 0 radical (unpaired) electrons. The van der Waals surface area contributed by atoms with Crippen molar-refractivity contribution in [2.75, 3.05) is 5.73 Å². The summed E-state index contributed by atoms with van der Waals surface area (Å²) in [4.78, 5) is 13.0. The summed E-state index contributed by atoms with van der Waals surface area (Å²) in [5.41, 5.74) is 9.00. The van der Waals surface area contributed by atoms with E-state index >= 15 is 0 Å². The number of nitrogens with zero attached hydrogens (tertiary/aromatic N) is 5. The predicted molar refractivity (Wildman–Crippen MR) is 118 cm³/mol. The molecular formula is C24H16N6O. The van der Waals surface area contributed by atoms with Gasteiger partial charge in [-0.25, -0.2) is 15.0 Å². The van der Waals surface area contributed by atoms with Gasteiger partial charge in [-0.1, -0.05) is 30.3 Å². The Kier molecular flexibility index (Phi) is 4.50. The fraction of sp³-hybridized carbons (Fsp3) is 0. The lowest BCUT2D eigenvalue weighted by Crippen LogP contribution is -2.01. The van der Waals surface area contributed by atoms with E-state index in [1.54, 1.807) is 22.9 Å². The maximum Gasteiger partial charge on any atom is 0.156 e. The molecule has 0 aliphatic carbocycles. The Labute approximate surface area is 178 Å². The first-order valence-electron chi connectivity index (χ1n) is 9.55. The molecule has 3 aromatic heterocycles. The van der Waals surface area contributed by atoms with E-state index in [1.165, 1.54) is 6.33 Å². The van der Waals surface area contributed by atoms with Crippen molar-refractivity contribution in [3.8, 4) is 34.5 Å². The van der Waals surface area contributed by atoms with Crippen LogP contribution in [0.2, 0.25) is 0 Å². The standard InChI is InChI=1S/C24H16N6O/c25-13-17-5-4-12-27-23(17)30-14-20(21-22(26)28-15-29-24(21)30)16-8-10-19(11-9-16)31-18-6-2-1-3-7-18/h1-12,14-15H,(H2,26,28,29). The van der Waals surface area contributed by atoms with Crippen molar-refractivity contribution in [1.82, 2.24) is 19.5 Å². The van der Waals surface area contributed by atoms with E-state index in [0.717, 1.165) is 22.6 Å². The number of aromatic nitrogens is 4. The number of hydrogen-bond acceptors (Lipinski definition) is 6. The molecule has 2 aromatic carbocycles. The molecule has 5 aromatic rings. The van der Waals surface area contributed by atoms with Crippen molar-refractivity contribution in [1.29, 1.82) is 5.26 Å². The number of fused-ring (bicyclic) bond motifs is 1. The highest BCUT2D eigenvalue weighted by Gasteiger charge is 2.18. The van der Waals surface area contributed by atoms with Crippen molar-refractivity contribution in [3.63, 3.8) is 0 Å². The summed E-state index contributed by atoms with van der Waals surface area (Å²) in [6.07, 6.45) is 4.93. The molecule has 0 unspecified atom stereocenters. The molecule has 0 saturated heterocycles. The summed E-state index contributed by atoms with van der Waals surface area (Å²) in [5.74, 6) is 2.34. The molecule has 0 aliphatic heterocycles. The Balaban J connectivity index is 1.62. The van der Waals surface area contributed by atoms with Crippen molar-refractivity contribution in [3.05, 3.63) is 91.0 Å². The Bertz CT molecular complexity index is 1420. The van der Waals surface area contributed by atoms with Gasteiger partial charge in [0.05, 0.1) is 10.9 Å². The third kappa shape index (κ3) is 3.32. The fourth-order valence-electron chi connectivity index (χ4n) is 3.47. The molecule has 2 N–H and O–H groups in total. The topological polar surface area (TPSA) is 103 Å². The van der Waals surface area contributed by atoms with Crippen LogP contribution in [-0.4, -0.2) is 19.5 Å². The smallest absolute Gasteiger partial charge is 0.156 e. The zero-order valence-corrected chi connectivity index (χ0v) is 16.3. The van der Waals surface area contributed by atoms with Crippen LogP contribution in [0.4, 0.5) is 5.82 Å². The number of pyridine rings is 1. The minimum atomic E-state index is 0.359. The Hall–Kier alpha value is -4.70. The average Bonchev–Trinajstić information content (AvgIpc) is 3.21. The van der Waals surface area contributed by atoms with Gasteiger partial charge >= 0.3 is 0 Å². The summed E-state index contributed by atoms with van der Waals surface area (Å²) in [5, 5.41) is 10.2. The molecule has 0 aliphatic rings. The van der Waals surface area contributed by atoms with Crippen LogP contribution in [0.15, 0.2) is 85.5 Å². The molecule has 7 nitrogen and oxygen atoms in total. The largest absolute Gasteiger partial charge is 0.457 e. The molecule has 0 fully saturated rings. The summed E-state index contributed by atoms with van der Waals surface area (Å²) in [6.45, 7) is 0. The quantitative estimate of drug-likeness (QED) is 0.465. The van der Waals surface area contributed by atoms with Gasteiger partial charge in [0.1, 0.15) is 29.7 Å². The lowest BCUT2D eigenvalue weighted by molar-refractivity contribution is 0.483. The van der Waals surface area contributed by atoms with E-state index in [4.69, 9.17) is 10.5 Å². The number of nitriles is 1. The first kappa shape index (κ1) is 18.3. The van der Waals surface area contributed by atoms with Crippen LogP contribution >= 0.6 is 0 Å². The molecule has 5 rings (SSSR count). The molecule has 31 heavy (non-hydrogen) atoms. The highest BCUT2D eigenvalue weighted by molar-refractivity contribution is 6.01. The van der Waals surface area contributed by atoms with E-state index in [2.05, 4.69) is 21.0 Å². The number of anilines is 1. The molecule has 0 spiro atoms. The molecule has 0 amide bonds. The SMILES string of the molecule is N#Cc1cccnc1-n1cc(-c2ccc(Oc3ccccc3)cc2)c2c(N)ncnc21. The van der Waals surface area contributed by atoms with Crippen molar-refractivity contribution < 1.29 is 4.74 Å². The number of nitrogens with two attached hydrogens (primary N) is 1. The van der Waals surface area contributed by atoms with E-state index < -0.39 is 0 Å². The number of nitrogen functional groups attached to an aromatic ring is 1. The van der Waals surface area contributed by atoms with Gasteiger partial charge in [-0.05, 0) is 42.0 Å². The van der Waals surface area contributed by atoms with E-state index in [0.29, 0.717) is 28.2 Å². The monoisotopic (exact) mass is 404 g/mol. The first-order valence-corrected chi connectivity index (χ1v) is 9.55. The lowest BCUT2D eigenvalue weighted by atomic mass is 10.1. The van der Waals surface area contributed by atoms with Crippen LogP contribution in [0, 0.1) is 11.3 Å². The van der Waals surface area contributed by atoms with E-state index in [1.807, 2.05) is 60.8 Å². The highest BCUT2D eigenvalue weighted by atomic mass is 16.5. The highest BCUT2D eigenvalue weighted by Crippen LogP contribution is 2.35. The van der Waals surface area contributed by atoms with Gasteiger partial charge in [-0.3, -0.25) is 4.57 Å². The van der Waals surface area contributed by atoms with E-state index in [9.17, 15) is 5.26 Å². The number of rotatable bonds is 4. The summed E-state index contributed by atoms with van der Waals surface area (Å²) in [6, 6.07) is 22.9. The molecule has 0 bridgehead atoms. The van der Waals surface area contributed by atoms with Crippen LogP contribution in [-0.2, 0) is 0 Å². The van der Waals surface area contributed by atoms with Crippen LogP contribution < -0.4 is 10.5 Å². The van der Waals surface area contributed by atoms with Crippen LogP contribution in [0.5, 0.6) is 11.5 Å². The maximum absolute atomic E-state index is 9.51. The Morgan fingerprint density at radius 3 is 2.42 bits per heavy atom. The normalized spacial score (nSPS) is 10.7. The molecule has 0 atom stereocenters. The number of hydrogen-bond donors (Lipinski definition) is 1. The summed E-state index contributed by atoms with van der Waals surface area (Å²) < 4.78 is 7.66. The van der Waals surface area contributed by atoms with E-state index in [-0.39, 0.29) is 0 Å². The number of ether oxygens (including phenoxy) is 1. The zero-order valence-electron chi connectivity index (χ0n) is 16.3. The van der Waals surface area contributed by atoms with Crippen molar-refractivity contribution >= 4 is 16.9 Å². The van der Waals surface area contributed by atoms with Gasteiger partial charge in [0, 0.05) is 18.0 Å². The second kappa shape index (κ2) is 7.61. The molecule has 3 heterocycles. The molecule has 7 heteroatoms. The Morgan fingerprint density at radius 1 is 0.871 bits per heavy atom. The minimum Gasteiger partial charge on any atom is -0.457 e. The van der Waals surface area contributed by atoms with Gasteiger partial charge in [0.25, 0.3) is 0 Å². The third-order valence-electron chi connectivity index (χ3n) is 4.89. The Morgan fingerprint density at radius 2 is 1.65 bits per heavy atom. The van der Waals surface area contributed by atoms with Gasteiger partial charge in [0.2, 0.25) is 0 Å². The fourth-order valence-corrected chi connectivity index (χ4v) is 3.47. The summed E-state index contributed by atoms with van der Waals surface area (Å²) >= 11 is 0. The van der Waals surface area contributed by atoms with Gasteiger partial charge in [-0.2, -0.15) is 5.26 Å². The van der Waals surface area contributed by atoms with Crippen molar-refractivity contribution in [2.45, 2.75) is 0 Å². The second-order valence-electron chi connectivity index (χ2n) is 6.80. The predicted octanol–water partition coefficient (Wildman–Crippen LogP) is 4.73. The number of benzene rings is 2. The maximum atomic E-state index is 9.51. The zero-order chi connectivity index (χ0) is 21.2. The van der Waals surface area contributed by atoms with Crippen LogP contribution in [0.25, 0.3) is 28.0 Å². The van der Waals surface area contributed by atoms with Crippen LogP contribution in [0.1, 0.15) is 5.56 Å². The van der Waals surface area contributed by atoms with Gasteiger partial charge in [-0.15, -0.1) is 0 Å². The molecule has 0 saturated carbocycles. The molecule has 148 valence electrons. The van der Waals surface area contributed by atoms with Crippen LogP contribution in [0.3, 0.4) is 0 Å². The first-order chi connectivity index (χ1) is 15.2. The second-order valence-corrected chi connectivity index (χ2v) is 6.80. The van der Waals surface area contributed by atoms with Gasteiger partial charge in [0.15, 0.2) is 11.5 Å². The minimum absolute atomic E-state index is 0.359.